The van der Waals surface area contributed by atoms with Gasteiger partial charge in [0.25, 0.3) is 0 Å². The third-order valence-electron chi connectivity index (χ3n) is 3.26. The summed E-state index contributed by atoms with van der Waals surface area (Å²) in [5.74, 6) is 0. The number of benzene rings is 1. The molecule has 0 saturated heterocycles. The maximum atomic E-state index is 14.6. The van der Waals surface area contributed by atoms with Gasteiger partial charge in [0.05, 0.1) is 10.0 Å². The van der Waals surface area contributed by atoms with Crippen LogP contribution in [0.3, 0.4) is 0 Å². The van der Waals surface area contributed by atoms with Crippen LogP contribution in [0.25, 0.3) is 0 Å². The van der Waals surface area contributed by atoms with Crippen LogP contribution in [-0.2, 0) is 5.67 Å². The minimum absolute atomic E-state index is 0.131. The van der Waals surface area contributed by atoms with E-state index < -0.39 is 5.67 Å². The standard InChI is InChI=1S/C12H14Cl2FN/c13-10-2-1-8(7-11(10)14)12(15)5-3-9(16)4-6-12/h1-2,7,9H,3-6,16H2. The second-order valence-electron chi connectivity index (χ2n) is 4.43. The molecule has 1 aliphatic rings. The van der Waals surface area contributed by atoms with Crippen molar-refractivity contribution in [1.29, 1.82) is 0 Å². The van der Waals surface area contributed by atoms with Crippen LogP contribution in [0.15, 0.2) is 18.2 Å². The largest absolute Gasteiger partial charge is 0.328 e. The van der Waals surface area contributed by atoms with E-state index in [9.17, 15) is 4.39 Å². The zero-order valence-corrected chi connectivity index (χ0v) is 10.4. The first-order valence-corrected chi connectivity index (χ1v) is 6.17. The summed E-state index contributed by atoms with van der Waals surface area (Å²) in [5, 5.41) is 0.868. The predicted octanol–water partition coefficient (Wildman–Crippen LogP) is 4.06. The van der Waals surface area contributed by atoms with Gasteiger partial charge in [-0.1, -0.05) is 29.3 Å². The van der Waals surface area contributed by atoms with Crippen molar-refractivity contribution in [2.75, 3.05) is 0 Å². The highest BCUT2D eigenvalue weighted by molar-refractivity contribution is 6.42. The molecule has 16 heavy (non-hydrogen) atoms. The lowest BCUT2D eigenvalue weighted by atomic mass is 9.79. The lowest BCUT2D eigenvalue weighted by molar-refractivity contribution is 0.0979. The first kappa shape index (κ1) is 12.2. The Balaban J connectivity index is 2.25. The molecule has 1 aromatic carbocycles. The maximum Gasteiger partial charge on any atom is 0.136 e. The highest BCUT2D eigenvalue weighted by Gasteiger charge is 2.36. The van der Waals surface area contributed by atoms with Gasteiger partial charge in [0, 0.05) is 6.04 Å². The predicted molar refractivity (Wildman–Crippen MR) is 65.7 cm³/mol. The summed E-state index contributed by atoms with van der Waals surface area (Å²) in [5.41, 5.74) is 5.11. The van der Waals surface area contributed by atoms with E-state index in [2.05, 4.69) is 0 Å². The average Bonchev–Trinajstić information content (AvgIpc) is 2.26. The van der Waals surface area contributed by atoms with Crippen LogP contribution in [0, 0.1) is 0 Å². The molecule has 4 heteroatoms. The average molecular weight is 262 g/mol. The van der Waals surface area contributed by atoms with Crippen molar-refractivity contribution in [2.45, 2.75) is 37.4 Å². The van der Waals surface area contributed by atoms with Crippen molar-refractivity contribution in [3.05, 3.63) is 33.8 Å². The normalized spacial score (nSPS) is 30.4. The van der Waals surface area contributed by atoms with E-state index in [1.165, 1.54) is 0 Å². The van der Waals surface area contributed by atoms with Gasteiger partial charge in [0.15, 0.2) is 0 Å². The summed E-state index contributed by atoms with van der Waals surface area (Å²) >= 11 is 11.7. The molecule has 0 heterocycles. The fourth-order valence-corrected chi connectivity index (χ4v) is 2.46. The van der Waals surface area contributed by atoms with Crippen LogP contribution in [0.1, 0.15) is 31.2 Å². The first-order valence-electron chi connectivity index (χ1n) is 5.41. The first-order chi connectivity index (χ1) is 7.51. The summed E-state index contributed by atoms with van der Waals surface area (Å²) < 4.78 is 14.6. The quantitative estimate of drug-likeness (QED) is 0.811. The van der Waals surface area contributed by atoms with Gasteiger partial charge in [-0.3, -0.25) is 0 Å². The second-order valence-corrected chi connectivity index (χ2v) is 5.25. The lowest BCUT2D eigenvalue weighted by Gasteiger charge is -2.33. The molecule has 0 atom stereocenters. The molecule has 2 N–H and O–H groups in total. The second kappa shape index (κ2) is 4.52. The summed E-state index contributed by atoms with van der Waals surface area (Å²) in [6.45, 7) is 0. The molecule has 0 unspecified atom stereocenters. The van der Waals surface area contributed by atoms with E-state index >= 15 is 0 Å². The van der Waals surface area contributed by atoms with Crippen LogP contribution in [0.4, 0.5) is 4.39 Å². The van der Waals surface area contributed by atoms with Crippen LogP contribution >= 0.6 is 23.2 Å². The fraction of sp³-hybridized carbons (Fsp3) is 0.500. The molecule has 1 nitrogen and oxygen atoms in total. The molecule has 1 aromatic rings. The van der Waals surface area contributed by atoms with Crippen molar-refractivity contribution in [3.8, 4) is 0 Å². The topological polar surface area (TPSA) is 26.0 Å². The summed E-state index contributed by atoms with van der Waals surface area (Å²) in [6, 6.07) is 5.12. The van der Waals surface area contributed by atoms with Gasteiger partial charge in [-0.15, -0.1) is 0 Å². The van der Waals surface area contributed by atoms with E-state index in [1.54, 1.807) is 18.2 Å². The van der Waals surface area contributed by atoms with Crippen LogP contribution in [0.5, 0.6) is 0 Å². The van der Waals surface area contributed by atoms with Crippen molar-refractivity contribution >= 4 is 23.2 Å². The van der Waals surface area contributed by atoms with E-state index in [4.69, 9.17) is 28.9 Å². The Morgan fingerprint density at radius 2 is 1.81 bits per heavy atom. The fourth-order valence-electron chi connectivity index (χ4n) is 2.16. The summed E-state index contributed by atoms with van der Waals surface area (Å²) in [6.07, 6.45) is 2.37. The van der Waals surface area contributed by atoms with Gasteiger partial charge in [0.1, 0.15) is 5.67 Å². The molecular formula is C12H14Cl2FN. The third-order valence-corrected chi connectivity index (χ3v) is 4.00. The van der Waals surface area contributed by atoms with Crippen molar-refractivity contribution in [2.24, 2.45) is 5.73 Å². The summed E-state index contributed by atoms with van der Waals surface area (Å²) in [4.78, 5) is 0. The molecule has 0 aromatic heterocycles. The van der Waals surface area contributed by atoms with Gasteiger partial charge >= 0.3 is 0 Å². The molecular weight excluding hydrogens is 248 g/mol. The van der Waals surface area contributed by atoms with Gasteiger partial charge < -0.3 is 5.73 Å². The molecule has 0 aliphatic heterocycles. The molecule has 0 amide bonds. The van der Waals surface area contributed by atoms with Crippen molar-refractivity contribution in [3.63, 3.8) is 0 Å². The third kappa shape index (κ3) is 2.34. The van der Waals surface area contributed by atoms with Crippen molar-refractivity contribution in [1.82, 2.24) is 0 Å². The Labute approximate surface area is 105 Å². The van der Waals surface area contributed by atoms with Crippen LogP contribution in [0.2, 0.25) is 10.0 Å². The number of halogens is 3. The number of hydrogen-bond acceptors (Lipinski definition) is 1. The lowest BCUT2D eigenvalue weighted by Crippen LogP contribution is -2.33. The molecule has 88 valence electrons. The molecule has 0 spiro atoms. The van der Waals surface area contributed by atoms with Crippen LogP contribution < -0.4 is 5.73 Å². The Morgan fingerprint density at radius 1 is 1.19 bits per heavy atom. The van der Waals surface area contributed by atoms with E-state index in [1.807, 2.05) is 0 Å². The zero-order valence-electron chi connectivity index (χ0n) is 8.85. The van der Waals surface area contributed by atoms with E-state index in [0.717, 1.165) is 12.8 Å². The Hall–Kier alpha value is -0.310. The van der Waals surface area contributed by atoms with E-state index in [0.29, 0.717) is 28.5 Å². The maximum absolute atomic E-state index is 14.6. The molecule has 1 fully saturated rings. The van der Waals surface area contributed by atoms with Crippen molar-refractivity contribution < 1.29 is 4.39 Å². The smallest absolute Gasteiger partial charge is 0.136 e. The van der Waals surface area contributed by atoms with Gasteiger partial charge in [0.2, 0.25) is 0 Å². The Bertz CT molecular complexity index is 387. The SMILES string of the molecule is NC1CCC(F)(c2ccc(Cl)c(Cl)c2)CC1. The van der Waals surface area contributed by atoms with E-state index in [-0.39, 0.29) is 6.04 Å². The zero-order chi connectivity index (χ0) is 11.8. The highest BCUT2D eigenvalue weighted by Crippen LogP contribution is 2.41. The molecule has 1 saturated carbocycles. The number of rotatable bonds is 1. The number of hydrogen-bond donors (Lipinski definition) is 1. The minimum atomic E-state index is -1.29. The number of nitrogens with two attached hydrogens (primary N) is 1. The minimum Gasteiger partial charge on any atom is -0.328 e. The van der Waals surface area contributed by atoms with Crippen LogP contribution in [-0.4, -0.2) is 6.04 Å². The number of alkyl halides is 1. The highest BCUT2D eigenvalue weighted by atomic mass is 35.5. The molecule has 1 aliphatic carbocycles. The molecule has 2 rings (SSSR count). The Morgan fingerprint density at radius 3 is 2.38 bits per heavy atom. The van der Waals surface area contributed by atoms with Gasteiger partial charge in [-0.2, -0.15) is 0 Å². The van der Waals surface area contributed by atoms with Gasteiger partial charge in [-0.25, -0.2) is 4.39 Å². The summed E-state index contributed by atoms with van der Waals surface area (Å²) in [7, 11) is 0. The monoisotopic (exact) mass is 261 g/mol. The molecule has 0 bridgehead atoms. The van der Waals surface area contributed by atoms with Gasteiger partial charge in [-0.05, 0) is 43.4 Å². The molecule has 0 radical (unpaired) electrons. The Kier molecular flexibility index (Phi) is 3.43.